The first-order chi connectivity index (χ1) is 28.8. The SMILES string of the molecule is c1ccc(-c2nc(-c3ccccc3)nc(-c3cccc(-n4c5c6ccccc6ccc5c5ccc6c(c7ccc8ccccc8c7n6-c6ccccc6)c54)c3)n2)cc1. The maximum absolute atomic E-state index is 5.12. The summed E-state index contributed by atoms with van der Waals surface area (Å²) < 4.78 is 4.93. The molecule has 0 bridgehead atoms. The standard InChI is InChI=1S/C53H33N5/c1-4-17-36(18-5-1)51-54-52(37-19-6-2-7-20-37)56-53(55-51)38-21-14-24-40(33-38)58-48-41-25-12-10-15-34(41)27-29-43(48)44-31-32-46-47(50(44)58)45-30-28-35-16-11-13-26-42(35)49(45)57(46)39-22-8-3-9-23-39/h1-33H. The number of rotatable bonds is 5. The quantitative estimate of drug-likeness (QED) is 0.177. The average Bonchev–Trinajstić information content (AvgIpc) is 3.83. The van der Waals surface area contributed by atoms with E-state index in [2.05, 4.69) is 149 Å². The number of nitrogens with zero attached hydrogens (tertiary/aromatic N) is 5. The third kappa shape index (κ3) is 4.93. The lowest BCUT2D eigenvalue weighted by molar-refractivity contribution is 1.07. The van der Waals surface area contributed by atoms with Crippen LogP contribution in [0, 0.1) is 0 Å². The highest BCUT2D eigenvalue weighted by atomic mass is 15.0. The second kappa shape index (κ2) is 12.8. The predicted molar refractivity (Wildman–Crippen MR) is 240 cm³/mol. The minimum atomic E-state index is 0.623. The summed E-state index contributed by atoms with van der Waals surface area (Å²) >= 11 is 0. The molecule has 0 aliphatic carbocycles. The summed E-state index contributed by atoms with van der Waals surface area (Å²) in [5, 5.41) is 9.67. The van der Waals surface area contributed by atoms with Gasteiger partial charge in [0.15, 0.2) is 17.5 Å². The zero-order valence-electron chi connectivity index (χ0n) is 31.3. The van der Waals surface area contributed by atoms with Crippen molar-refractivity contribution in [2.45, 2.75) is 0 Å². The number of fused-ring (bicyclic) bond motifs is 11. The van der Waals surface area contributed by atoms with E-state index in [0.717, 1.165) is 33.6 Å². The first-order valence-electron chi connectivity index (χ1n) is 19.6. The molecule has 3 aromatic heterocycles. The van der Waals surface area contributed by atoms with E-state index in [1.54, 1.807) is 0 Å². The molecule has 0 spiro atoms. The van der Waals surface area contributed by atoms with Crippen LogP contribution >= 0.6 is 0 Å². The van der Waals surface area contributed by atoms with Crippen molar-refractivity contribution in [2.75, 3.05) is 0 Å². The Morgan fingerprint density at radius 2 is 0.759 bits per heavy atom. The highest BCUT2D eigenvalue weighted by Crippen LogP contribution is 2.45. The Labute approximate surface area is 333 Å². The van der Waals surface area contributed by atoms with Crippen molar-refractivity contribution in [3.8, 4) is 45.5 Å². The maximum atomic E-state index is 5.12. The van der Waals surface area contributed by atoms with E-state index in [4.69, 9.17) is 15.0 Å². The molecule has 12 rings (SSSR count). The molecule has 0 atom stereocenters. The fourth-order valence-electron chi connectivity index (χ4n) is 8.95. The van der Waals surface area contributed by atoms with Crippen molar-refractivity contribution in [3.63, 3.8) is 0 Å². The van der Waals surface area contributed by atoms with Gasteiger partial charge >= 0.3 is 0 Å². The van der Waals surface area contributed by atoms with Gasteiger partial charge in [-0.1, -0.05) is 170 Å². The van der Waals surface area contributed by atoms with Gasteiger partial charge in [-0.25, -0.2) is 15.0 Å². The van der Waals surface area contributed by atoms with Gasteiger partial charge in [-0.2, -0.15) is 0 Å². The number of hydrogen-bond acceptors (Lipinski definition) is 3. The molecular weight excluding hydrogens is 707 g/mol. The molecule has 0 N–H and O–H groups in total. The molecule has 9 aromatic carbocycles. The van der Waals surface area contributed by atoms with Crippen LogP contribution in [0.15, 0.2) is 200 Å². The Morgan fingerprint density at radius 3 is 1.40 bits per heavy atom. The third-order valence-corrected chi connectivity index (χ3v) is 11.5. The van der Waals surface area contributed by atoms with Crippen molar-refractivity contribution in [1.82, 2.24) is 24.1 Å². The van der Waals surface area contributed by atoms with Gasteiger partial charge in [0.1, 0.15) is 0 Å². The summed E-state index contributed by atoms with van der Waals surface area (Å²) in [5.74, 6) is 1.90. The van der Waals surface area contributed by atoms with Gasteiger partial charge in [-0.15, -0.1) is 0 Å². The van der Waals surface area contributed by atoms with Gasteiger partial charge in [0.25, 0.3) is 0 Å². The van der Waals surface area contributed by atoms with Crippen LogP contribution in [0.3, 0.4) is 0 Å². The second-order valence-corrected chi connectivity index (χ2v) is 14.8. The Hall–Kier alpha value is -7.89. The molecule has 0 fully saturated rings. The van der Waals surface area contributed by atoms with Crippen LogP contribution in [-0.4, -0.2) is 24.1 Å². The lowest BCUT2D eigenvalue weighted by Crippen LogP contribution is -2.01. The van der Waals surface area contributed by atoms with E-state index < -0.39 is 0 Å². The summed E-state index contributed by atoms with van der Waals surface area (Å²) in [6.45, 7) is 0. The molecule has 0 aliphatic rings. The van der Waals surface area contributed by atoms with Crippen molar-refractivity contribution < 1.29 is 0 Å². The number of aromatic nitrogens is 5. The fourth-order valence-corrected chi connectivity index (χ4v) is 8.95. The van der Waals surface area contributed by atoms with Gasteiger partial charge in [0, 0.05) is 60.4 Å². The van der Waals surface area contributed by atoms with E-state index in [1.807, 2.05) is 60.7 Å². The molecule has 0 amide bonds. The number of hydrogen-bond donors (Lipinski definition) is 0. The van der Waals surface area contributed by atoms with Crippen molar-refractivity contribution in [3.05, 3.63) is 200 Å². The summed E-state index contributed by atoms with van der Waals surface area (Å²) in [6.07, 6.45) is 0. The Kier molecular flexibility index (Phi) is 7.16. The first kappa shape index (κ1) is 32.4. The van der Waals surface area contributed by atoms with Crippen LogP contribution < -0.4 is 0 Å². The molecule has 0 radical (unpaired) electrons. The highest BCUT2D eigenvalue weighted by Gasteiger charge is 2.23. The predicted octanol–water partition coefficient (Wildman–Crippen LogP) is 13.4. The third-order valence-electron chi connectivity index (χ3n) is 11.5. The van der Waals surface area contributed by atoms with E-state index in [0.29, 0.717) is 17.5 Å². The normalized spacial score (nSPS) is 11.8. The lowest BCUT2D eigenvalue weighted by atomic mass is 10.0. The van der Waals surface area contributed by atoms with E-state index in [9.17, 15) is 0 Å². The van der Waals surface area contributed by atoms with Crippen LogP contribution in [0.4, 0.5) is 0 Å². The monoisotopic (exact) mass is 739 g/mol. The highest BCUT2D eigenvalue weighted by molar-refractivity contribution is 6.31. The topological polar surface area (TPSA) is 48.5 Å². The molecule has 0 saturated heterocycles. The summed E-state index contributed by atoms with van der Waals surface area (Å²) in [5.41, 5.74) is 9.66. The summed E-state index contributed by atoms with van der Waals surface area (Å²) in [4.78, 5) is 15.2. The molecule has 270 valence electrons. The van der Waals surface area contributed by atoms with Crippen molar-refractivity contribution in [1.29, 1.82) is 0 Å². The molecule has 3 heterocycles. The molecular formula is C53H33N5. The fraction of sp³-hybridized carbons (Fsp3) is 0. The number of benzene rings is 9. The van der Waals surface area contributed by atoms with E-state index >= 15 is 0 Å². The van der Waals surface area contributed by atoms with Crippen LogP contribution in [0.2, 0.25) is 0 Å². The van der Waals surface area contributed by atoms with Crippen LogP contribution in [0.5, 0.6) is 0 Å². The minimum Gasteiger partial charge on any atom is -0.309 e. The Bertz CT molecular complexity index is 3490. The second-order valence-electron chi connectivity index (χ2n) is 14.8. The summed E-state index contributed by atoms with van der Waals surface area (Å²) in [7, 11) is 0. The Balaban J connectivity index is 1.20. The molecule has 5 nitrogen and oxygen atoms in total. The van der Waals surface area contributed by atoms with Gasteiger partial charge in [0.2, 0.25) is 0 Å². The maximum Gasteiger partial charge on any atom is 0.164 e. The van der Waals surface area contributed by atoms with Crippen LogP contribution in [0.25, 0.3) is 111 Å². The average molecular weight is 740 g/mol. The van der Waals surface area contributed by atoms with Crippen LogP contribution in [-0.2, 0) is 0 Å². The zero-order chi connectivity index (χ0) is 38.2. The largest absolute Gasteiger partial charge is 0.309 e. The van der Waals surface area contributed by atoms with E-state index in [1.165, 1.54) is 59.6 Å². The zero-order valence-corrected chi connectivity index (χ0v) is 31.3. The number of para-hydroxylation sites is 1. The molecule has 0 saturated carbocycles. The van der Waals surface area contributed by atoms with Gasteiger partial charge < -0.3 is 9.13 Å². The minimum absolute atomic E-state index is 0.623. The van der Waals surface area contributed by atoms with Crippen LogP contribution in [0.1, 0.15) is 0 Å². The molecule has 58 heavy (non-hydrogen) atoms. The lowest BCUT2D eigenvalue weighted by Gasteiger charge is -2.13. The summed E-state index contributed by atoms with van der Waals surface area (Å²) in [6, 6.07) is 71.0. The smallest absolute Gasteiger partial charge is 0.164 e. The Morgan fingerprint density at radius 1 is 0.293 bits per heavy atom. The van der Waals surface area contributed by atoms with Gasteiger partial charge in [-0.3, -0.25) is 0 Å². The molecule has 0 unspecified atom stereocenters. The first-order valence-corrected chi connectivity index (χ1v) is 19.6. The van der Waals surface area contributed by atoms with Gasteiger partial charge in [-0.05, 0) is 41.1 Å². The molecule has 12 aromatic rings. The van der Waals surface area contributed by atoms with E-state index in [-0.39, 0.29) is 0 Å². The van der Waals surface area contributed by atoms with Gasteiger partial charge in [0.05, 0.1) is 22.1 Å². The van der Waals surface area contributed by atoms with Crippen molar-refractivity contribution in [2.24, 2.45) is 0 Å². The van der Waals surface area contributed by atoms with Crippen molar-refractivity contribution >= 4 is 65.2 Å². The molecule has 0 aliphatic heterocycles. The molecule has 5 heteroatoms.